The summed E-state index contributed by atoms with van der Waals surface area (Å²) in [5.74, 6) is 1.04. The van der Waals surface area contributed by atoms with Crippen molar-refractivity contribution in [2.24, 2.45) is 0 Å². The third kappa shape index (κ3) is 2.89. The molecular weight excluding hydrogens is 256 g/mol. The quantitative estimate of drug-likeness (QED) is 0.730. The predicted octanol–water partition coefficient (Wildman–Crippen LogP) is 3.17. The van der Waals surface area contributed by atoms with Crippen molar-refractivity contribution in [2.75, 3.05) is 0 Å². The Bertz CT molecular complexity index is 660. The molecule has 0 radical (unpaired) electrons. The Hall–Kier alpha value is -2.40. The second-order valence-corrected chi connectivity index (χ2v) is 4.62. The molecule has 0 aliphatic carbocycles. The Morgan fingerprint density at radius 2 is 1.63 bits per heavy atom. The molecule has 0 N–H and O–H groups in total. The summed E-state index contributed by atoms with van der Waals surface area (Å²) in [5, 5.41) is 20.3. The van der Waals surface area contributed by atoms with Crippen molar-refractivity contribution >= 4 is 23.5 Å². The molecule has 0 fully saturated rings. The fraction of sp³-hybridized carbons (Fsp3) is 0. The number of hydrogen-bond donors (Lipinski definition) is 0. The first-order chi connectivity index (χ1) is 9.42. The maximum Gasteiger partial charge on any atom is 0.203 e. The normalized spacial score (nSPS) is 10.9. The highest BCUT2D eigenvalue weighted by atomic mass is 32.1. The highest BCUT2D eigenvalue weighted by Gasteiger charge is 2.01. The number of thiophene rings is 1. The standard InChI is InChI=1S/C14H10N4S/c1-2-4-12(5-3-1)14-17-15-13(16-18-14)7-6-11-8-9-19-10-11/h1-10H/b7-6+. The lowest BCUT2D eigenvalue weighted by atomic mass is 10.2. The molecular formula is C14H10N4S. The molecule has 0 saturated carbocycles. The van der Waals surface area contributed by atoms with Crippen LogP contribution in [0, 0.1) is 0 Å². The summed E-state index contributed by atoms with van der Waals surface area (Å²) in [5.41, 5.74) is 2.04. The molecule has 0 spiro atoms. The second kappa shape index (κ2) is 5.49. The minimum atomic E-state index is 0.505. The number of hydrogen-bond acceptors (Lipinski definition) is 5. The van der Waals surface area contributed by atoms with E-state index in [0.29, 0.717) is 11.6 Å². The van der Waals surface area contributed by atoms with Gasteiger partial charge in [-0.2, -0.15) is 11.3 Å². The number of benzene rings is 1. The highest BCUT2D eigenvalue weighted by molar-refractivity contribution is 7.08. The lowest BCUT2D eigenvalue weighted by Crippen LogP contribution is -1.98. The zero-order chi connectivity index (χ0) is 12.9. The molecule has 0 aliphatic heterocycles. The fourth-order valence-electron chi connectivity index (χ4n) is 1.55. The van der Waals surface area contributed by atoms with Gasteiger partial charge in [-0.3, -0.25) is 0 Å². The first-order valence-corrected chi connectivity index (χ1v) is 6.69. The van der Waals surface area contributed by atoms with Gasteiger partial charge in [0.25, 0.3) is 0 Å². The molecule has 92 valence electrons. The van der Waals surface area contributed by atoms with Crippen molar-refractivity contribution in [3.63, 3.8) is 0 Å². The van der Waals surface area contributed by atoms with Gasteiger partial charge < -0.3 is 0 Å². The molecule has 0 atom stereocenters. The molecule has 19 heavy (non-hydrogen) atoms. The zero-order valence-corrected chi connectivity index (χ0v) is 10.8. The van der Waals surface area contributed by atoms with Crippen molar-refractivity contribution in [3.05, 3.63) is 58.5 Å². The van der Waals surface area contributed by atoms with E-state index in [-0.39, 0.29) is 0 Å². The third-order valence-corrected chi connectivity index (χ3v) is 3.20. The monoisotopic (exact) mass is 266 g/mol. The van der Waals surface area contributed by atoms with Gasteiger partial charge in [-0.05, 0) is 28.5 Å². The van der Waals surface area contributed by atoms with Gasteiger partial charge in [0.15, 0.2) is 5.82 Å². The van der Waals surface area contributed by atoms with Crippen molar-refractivity contribution in [2.45, 2.75) is 0 Å². The molecule has 0 unspecified atom stereocenters. The molecule has 2 aromatic heterocycles. The minimum absolute atomic E-state index is 0.505. The van der Waals surface area contributed by atoms with Gasteiger partial charge in [-0.1, -0.05) is 36.4 Å². The molecule has 0 saturated heterocycles. The molecule has 5 heteroatoms. The van der Waals surface area contributed by atoms with Crippen LogP contribution in [0.5, 0.6) is 0 Å². The van der Waals surface area contributed by atoms with Gasteiger partial charge in [-0.25, -0.2) is 0 Å². The van der Waals surface area contributed by atoms with Gasteiger partial charge in [0.2, 0.25) is 5.82 Å². The zero-order valence-electron chi connectivity index (χ0n) is 9.97. The maximum absolute atomic E-state index is 4.08. The SMILES string of the molecule is C(=C\c1nnc(-c2ccccc2)nn1)/c1ccsc1. The smallest absolute Gasteiger partial charge is 0.152 e. The van der Waals surface area contributed by atoms with E-state index in [1.54, 1.807) is 17.4 Å². The van der Waals surface area contributed by atoms with Crippen LogP contribution in [0.4, 0.5) is 0 Å². The molecule has 0 aliphatic rings. The van der Waals surface area contributed by atoms with E-state index >= 15 is 0 Å². The van der Waals surface area contributed by atoms with Crippen molar-refractivity contribution in [1.29, 1.82) is 0 Å². The Morgan fingerprint density at radius 1 is 0.842 bits per heavy atom. The van der Waals surface area contributed by atoms with Crippen LogP contribution in [0.3, 0.4) is 0 Å². The summed E-state index contributed by atoms with van der Waals surface area (Å²) in [6, 6.07) is 11.7. The summed E-state index contributed by atoms with van der Waals surface area (Å²) in [6.07, 6.45) is 3.74. The van der Waals surface area contributed by atoms with E-state index in [1.807, 2.05) is 47.9 Å². The average Bonchev–Trinajstić information content (AvgIpc) is 3.00. The Balaban J connectivity index is 1.80. The summed E-state index contributed by atoms with van der Waals surface area (Å²) >= 11 is 1.65. The molecule has 1 aromatic carbocycles. The van der Waals surface area contributed by atoms with Gasteiger partial charge in [0.05, 0.1) is 0 Å². The van der Waals surface area contributed by atoms with Crippen LogP contribution in [-0.2, 0) is 0 Å². The second-order valence-electron chi connectivity index (χ2n) is 3.84. The van der Waals surface area contributed by atoms with Gasteiger partial charge >= 0.3 is 0 Å². The van der Waals surface area contributed by atoms with Crippen LogP contribution in [0.15, 0.2) is 47.2 Å². The van der Waals surface area contributed by atoms with Crippen molar-refractivity contribution in [1.82, 2.24) is 20.4 Å². The molecule has 0 bridgehead atoms. The topological polar surface area (TPSA) is 51.6 Å². The van der Waals surface area contributed by atoms with Crippen LogP contribution in [0.25, 0.3) is 23.5 Å². The lowest BCUT2D eigenvalue weighted by Gasteiger charge is -1.96. The van der Waals surface area contributed by atoms with E-state index in [9.17, 15) is 0 Å². The molecule has 3 rings (SSSR count). The van der Waals surface area contributed by atoms with E-state index in [0.717, 1.165) is 11.1 Å². The molecule has 2 heterocycles. The fourth-order valence-corrected chi connectivity index (χ4v) is 2.18. The minimum Gasteiger partial charge on any atom is -0.152 e. The van der Waals surface area contributed by atoms with Crippen LogP contribution in [0.2, 0.25) is 0 Å². The van der Waals surface area contributed by atoms with Crippen LogP contribution >= 0.6 is 11.3 Å². The maximum atomic E-state index is 4.08. The summed E-state index contributed by atoms with van der Waals surface area (Å²) in [6.45, 7) is 0. The van der Waals surface area contributed by atoms with Crippen LogP contribution < -0.4 is 0 Å². The number of rotatable bonds is 3. The van der Waals surface area contributed by atoms with Crippen molar-refractivity contribution < 1.29 is 0 Å². The first kappa shape index (κ1) is 11.7. The van der Waals surface area contributed by atoms with Crippen LogP contribution in [-0.4, -0.2) is 20.4 Å². The Morgan fingerprint density at radius 3 is 2.32 bits per heavy atom. The van der Waals surface area contributed by atoms with Gasteiger partial charge in [-0.15, -0.1) is 20.4 Å². The van der Waals surface area contributed by atoms with Crippen molar-refractivity contribution in [3.8, 4) is 11.4 Å². The van der Waals surface area contributed by atoms with Gasteiger partial charge in [0.1, 0.15) is 0 Å². The lowest BCUT2D eigenvalue weighted by molar-refractivity contribution is 0.851. The van der Waals surface area contributed by atoms with E-state index in [2.05, 4.69) is 25.8 Å². The van der Waals surface area contributed by atoms with E-state index < -0.39 is 0 Å². The molecule has 0 amide bonds. The van der Waals surface area contributed by atoms with Gasteiger partial charge in [0, 0.05) is 5.56 Å². The summed E-state index contributed by atoms with van der Waals surface area (Å²) < 4.78 is 0. The predicted molar refractivity (Wildman–Crippen MR) is 76.3 cm³/mol. The first-order valence-electron chi connectivity index (χ1n) is 5.75. The summed E-state index contributed by atoms with van der Waals surface area (Å²) in [4.78, 5) is 0. The number of nitrogens with zero attached hydrogens (tertiary/aromatic N) is 4. The summed E-state index contributed by atoms with van der Waals surface area (Å²) in [7, 11) is 0. The average molecular weight is 266 g/mol. The number of aromatic nitrogens is 4. The molecule has 3 aromatic rings. The van der Waals surface area contributed by atoms with E-state index in [4.69, 9.17) is 0 Å². The highest BCUT2D eigenvalue weighted by Crippen LogP contribution is 2.12. The Labute approximate surface area is 114 Å². The molecule has 4 nitrogen and oxygen atoms in total. The largest absolute Gasteiger partial charge is 0.203 e. The Kier molecular flexibility index (Phi) is 3.38. The van der Waals surface area contributed by atoms with E-state index in [1.165, 1.54) is 0 Å². The van der Waals surface area contributed by atoms with Crippen LogP contribution in [0.1, 0.15) is 11.4 Å². The third-order valence-electron chi connectivity index (χ3n) is 2.49.